The summed E-state index contributed by atoms with van der Waals surface area (Å²) in [6, 6.07) is 1.78. The molecular weight excluding hydrogens is 324 g/mol. The van der Waals surface area contributed by atoms with Crippen LogP contribution in [-0.2, 0) is 23.2 Å². The lowest BCUT2D eigenvalue weighted by Gasteiger charge is -2.39. The van der Waals surface area contributed by atoms with Gasteiger partial charge in [-0.15, -0.1) is 0 Å². The summed E-state index contributed by atoms with van der Waals surface area (Å²) in [6.07, 6.45) is 4.63. The van der Waals surface area contributed by atoms with Gasteiger partial charge in [-0.3, -0.25) is 14.3 Å². The van der Waals surface area contributed by atoms with Gasteiger partial charge in [0.15, 0.2) is 0 Å². The first-order valence-electron chi connectivity index (χ1n) is 7.97. The van der Waals surface area contributed by atoms with Crippen molar-refractivity contribution in [2.75, 3.05) is 14.1 Å². The molecule has 0 saturated carbocycles. The Bertz CT molecular complexity index is 725. The van der Waals surface area contributed by atoms with Gasteiger partial charge in [0.25, 0.3) is 0 Å². The van der Waals surface area contributed by atoms with E-state index >= 15 is 0 Å². The Hall–Kier alpha value is -2.15. The molecule has 2 aromatic rings. The number of aryl methyl sites for hydroxylation is 1. The Morgan fingerprint density at radius 1 is 1.46 bits per heavy atom. The summed E-state index contributed by atoms with van der Waals surface area (Å²) in [7, 11) is 5.45. The van der Waals surface area contributed by atoms with Gasteiger partial charge in [-0.05, 0) is 28.8 Å². The molecule has 0 bridgehead atoms. The molecule has 2 atom stereocenters. The molecule has 0 aromatic carbocycles. The number of carbonyl (C=O) groups excluding carboxylic acids is 2. The van der Waals surface area contributed by atoms with Crippen molar-refractivity contribution in [1.82, 2.24) is 19.6 Å². The highest BCUT2D eigenvalue weighted by molar-refractivity contribution is 7.07. The number of thiophene rings is 1. The fourth-order valence-corrected chi connectivity index (χ4v) is 4.02. The molecule has 3 heterocycles. The average molecular weight is 346 g/mol. The van der Waals surface area contributed by atoms with Crippen molar-refractivity contribution in [3.05, 3.63) is 40.3 Å². The van der Waals surface area contributed by atoms with Crippen molar-refractivity contribution in [2.24, 2.45) is 13.0 Å². The molecular formula is C17H22N4O2S. The number of amides is 2. The number of piperidine rings is 1. The van der Waals surface area contributed by atoms with Gasteiger partial charge in [-0.25, -0.2) is 0 Å². The first-order chi connectivity index (χ1) is 11.5. The van der Waals surface area contributed by atoms with Crippen LogP contribution < -0.4 is 0 Å². The van der Waals surface area contributed by atoms with E-state index in [0.29, 0.717) is 19.4 Å². The normalized spacial score (nSPS) is 21.1. The zero-order valence-corrected chi connectivity index (χ0v) is 15.0. The molecule has 2 aromatic heterocycles. The van der Waals surface area contributed by atoms with E-state index in [4.69, 9.17) is 0 Å². The second kappa shape index (κ2) is 6.76. The van der Waals surface area contributed by atoms with E-state index in [9.17, 15) is 9.59 Å². The van der Waals surface area contributed by atoms with Gasteiger partial charge in [0.05, 0.1) is 18.2 Å². The lowest BCUT2D eigenvalue weighted by molar-refractivity contribution is -0.146. The third-order valence-corrected chi connectivity index (χ3v) is 5.35. The predicted molar refractivity (Wildman–Crippen MR) is 92.2 cm³/mol. The Kier molecular flexibility index (Phi) is 4.71. The van der Waals surface area contributed by atoms with Crippen molar-refractivity contribution in [1.29, 1.82) is 0 Å². The topological polar surface area (TPSA) is 58.4 Å². The summed E-state index contributed by atoms with van der Waals surface area (Å²) < 4.78 is 1.71. The lowest BCUT2D eigenvalue weighted by atomic mass is 9.84. The first-order valence-corrected chi connectivity index (χ1v) is 8.92. The van der Waals surface area contributed by atoms with Gasteiger partial charge in [-0.2, -0.15) is 16.4 Å². The van der Waals surface area contributed by atoms with Crippen molar-refractivity contribution < 1.29 is 9.59 Å². The molecule has 1 aliphatic rings. The smallest absolute Gasteiger partial charge is 0.228 e. The minimum atomic E-state index is -0.252. The Morgan fingerprint density at radius 3 is 2.88 bits per heavy atom. The van der Waals surface area contributed by atoms with Crippen LogP contribution in [0.3, 0.4) is 0 Å². The molecule has 0 unspecified atom stereocenters. The summed E-state index contributed by atoms with van der Waals surface area (Å²) in [6.45, 7) is 0.594. The molecule has 1 saturated heterocycles. The Morgan fingerprint density at radius 2 is 2.25 bits per heavy atom. The molecule has 7 heteroatoms. The zero-order valence-electron chi connectivity index (χ0n) is 14.2. The number of nitrogens with zero attached hydrogens (tertiary/aromatic N) is 4. The molecule has 1 aliphatic heterocycles. The van der Waals surface area contributed by atoms with Crippen LogP contribution in [0.15, 0.2) is 29.2 Å². The van der Waals surface area contributed by atoms with Crippen molar-refractivity contribution in [3.8, 4) is 0 Å². The highest BCUT2D eigenvalue weighted by Gasteiger charge is 2.40. The molecule has 24 heavy (non-hydrogen) atoms. The maximum Gasteiger partial charge on any atom is 0.228 e. The summed E-state index contributed by atoms with van der Waals surface area (Å²) in [5, 5.41) is 8.27. The van der Waals surface area contributed by atoms with E-state index in [1.165, 1.54) is 0 Å². The molecule has 0 spiro atoms. The van der Waals surface area contributed by atoms with Crippen LogP contribution in [0, 0.1) is 5.92 Å². The van der Waals surface area contributed by atoms with E-state index < -0.39 is 0 Å². The highest BCUT2D eigenvalue weighted by Crippen LogP contribution is 2.36. The average Bonchev–Trinajstić information content (AvgIpc) is 3.20. The fraction of sp³-hybridized carbons (Fsp3) is 0.471. The van der Waals surface area contributed by atoms with Crippen LogP contribution >= 0.6 is 11.3 Å². The maximum absolute atomic E-state index is 13.0. The Balaban J connectivity index is 1.83. The summed E-state index contributed by atoms with van der Waals surface area (Å²) >= 11 is 1.63. The number of hydrogen-bond acceptors (Lipinski definition) is 4. The van der Waals surface area contributed by atoms with Crippen LogP contribution in [-0.4, -0.2) is 45.5 Å². The van der Waals surface area contributed by atoms with Crippen LogP contribution in [0.5, 0.6) is 0 Å². The summed E-state index contributed by atoms with van der Waals surface area (Å²) in [5.41, 5.74) is 2.05. The van der Waals surface area contributed by atoms with E-state index in [-0.39, 0.29) is 23.8 Å². The standard InChI is InChI=1S/C17H22N4O2S/c1-19(9-12-6-7-24-11-12)17(23)14-4-5-15(22)21(3)16(14)13-8-18-20(2)10-13/h6-8,10-11,14,16H,4-5,9H2,1-3H3/t14-,16-/m1/s1. The molecule has 2 amide bonds. The van der Waals surface area contributed by atoms with Gasteiger partial charge >= 0.3 is 0 Å². The van der Waals surface area contributed by atoms with Gasteiger partial charge in [0.2, 0.25) is 11.8 Å². The van der Waals surface area contributed by atoms with Crippen molar-refractivity contribution in [3.63, 3.8) is 0 Å². The maximum atomic E-state index is 13.0. The third-order valence-electron chi connectivity index (χ3n) is 4.62. The summed E-state index contributed by atoms with van der Waals surface area (Å²) in [5.74, 6) is -0.0803. The predicted octanol–water partition coefficient (Wildman–Crippen LogP) is 2.05. The SMILES string of the molecule is CN(Cc1ccsc1)C(=O)[C@@H]1CCC(=O)N(C)[C@@H]1c1cnn(C)c1. The largest absolute Gasteiger partial charge is 0.341 e. The van der Waals surface area contributed by atoms with E-state index in [2.05, 4.69) is 10.5 Å². The lowest BCUT2D eigenvalue weighted by Crippen LogP contribution is -2.46. The van der Waals surface area contributed by atoms with E-state index in [1.807, 2.05) is 31.7 Å². The highest BCUT2D eigenvalue weighted by atomic mass is 32.1. The van der Waals surface area contributed by atoms with Crippen molar-refractivity contribution >= 4 is 23.2 Å². The monoisotopic (exact) mass is 346 g/mol. The summed E-state index contributed by atoms with van der Waals surface area (Å²) in [4.78, 5) is 28.6. The zero-order chi connectivity index (χ0) is 17.3. The Labute approximate surface area is 145 Å². The van der Waals surface area contributed by atoms with Crippen LogP contribution in [0.25, 0.3) is 0 Å². The molecule has 0 radical (unpaired) electrons. The second-order valence-corrected chi connectivity index (χ2v) is 7.15. The number of carbonyl (C=O) groups is 2. The molecule has 3 rings (SSSR count). The fourth-order valence-electron chi connectivity index (χ4n) is 3.36. The van der Waals surface area contributed by atoms with Crippen LogP contribution in [0.2, 0.25) is 0 Å². The quantitative estimate of drug-likeness (QED) is 0.851. The van der Waals surface area contributed by atoms with E-state index in [0.717, 1.165) is 11.1 Å². The van der Waals surface area contributed by atoms with Gasteiger partial charge in [0, 0.05) is 45.9 Å². The van der Waals surface area contributed by atoms with Gasteiger partial charge in [0.1, 0.15) is 0 Å². The number of rotatable bonds is 4. The number of hydrogen-bond donors (Lipinski definition) is 0. The number of likely N-dealkylation sites (tertiary alicyclic amines) is 1. The molecule has 0 aliphatic carbocycles. The number of aromatic nitrogens is 2. The minimum Gasteiger partial charge on any atom is -0.341 e. The van der Waals surface area contributed by atoms with Crippen LogP contribution in [0.1, 0.15) is 30.0 Å². The van der Waals surface area contributed by atoms with E-state index in [1.54, 1.807) is 39.1 Å². The molecule has 1 fully saturated rings. The van der Waals surface area contributed by atoms with Crippen LogP contribution in [0.4, 0.5) is 0 Å². The second-order valence-electron chi connectivity index (χ2n) is 6.37. The molecule has 0 N–H and O–H groups in total. The van der Waals surface area contributed by atoms with Crippen molar-refractivity contribution in [2.45, 2.75) is 25.4 Å². The third kappa shape index (κ3) is 3.21. The van der Waals surface area contributed by atoms with Gasteiger partial charge in [-0.1, -0.05) is 0 Å². The molecule has 128 valence electrons. The first kappa shape index (κ1) is 16.7. The minimum absolute atomic E-state index is 0.0772. The van der Waals surface area contributed by atoms with Gasteiger partial charge < -0.3 is 9.80 Å². The molecule has 6 nitrogen and oxygen atoms in total.